The number of nitrogens with zero attached hydrogens (tertiary/aromatic N) is 2. The Morgan fingerprint density at radius 2 is 1.95 bits per heavy atom. The first-order valence-electron chi connectivity index (χ1n) is 12.1. The van der Waals surface area contributed by atoms with Crippen molar-refractivity contribution >= 4 is 63.3 Å². The van der Waals surface area contributed by atoms with Crippen LogP contribution in [0.25, 0.3) is 0 Å². The molecule has 0 unspecified atom stereocenters. The molecule has 2 aromatic heterocycles. The molecule has 3 heterocycles. The number of aryl methyl sites for hydroxylation is 1. The van der Waals surface area contributed by atoms with Crippen molar-refractivity contribution in [3.05, 3.63) is 61.8 Å². The summed E-state index contributed by atoms with van der Waals surface area (Å²) in [6.45, 7) is 5.44. The number of carbonyl (C=O) groups excluding carboxylic acids is 2. The zero-order valence-corrected chi connectivity index (χ0v) is 22.9. The average molecular weight is 577 g/mol. The minimum atomic E-state index is -1.02. The second-order valence-electron chi connectivity index (χ2n) is 9.42. The number of carboxylic acids is 1. The summed E-state index contributed by atoms with van der Waals surface area (Å²) in [5, 5.41) is 19.5. The number of aromatic amines is 1. The summed E-state index contributed by atoms with van der Waals surface area (Å²) in [5.74, 6) is -0.806. The maximum Gasteiger partial charge on any atom is 0.347 e. The van der Waals surface area contributed by atoms with E-state index in [1.54, 1.807) is 13.0 Å². The smallest absolute Gasteiger partial charge is 0.347 e. The van der Waals surface area contributed by atoms with Crippen molar-refractivity contribution in [2.24, 2.45) is 11.8 Å². The number of aromatic nitrogens is 2. The lowest BCUT2D eigenvalue weighted by atomic mass is 10.1. The maximum atomic E-state index is 12.7. The van der Waals surface area contributed by atoms with Gasteiger partial charge in [0.2, 0.25) is 0 Å². The maximum absolute atomic E-state index is 12.7. The molecule has 1 saturated carbocycles. The summed E-state index contributed by atoms with van der Waals surface area (Å²) in [6, 6.07) is 6.98. The Labute approximate surface area is 232 Å². The number of fused-ring (bicyclic) bond motifs is 1. The van der Waals surface area contributed by atoms with E-state index in [2.05, 4.69) is 30.8 Å². The van der Waals surface area contributed by atoms with Gasteiger partial charge >= 0.3 is 12.0 Å². The molecule has 3 atom stereocenters. The van der Waals surface area contributed by atoms with Crippen LogP contribution in [-0.4, -0.2) is 58.7 Å². The first kappa shape index (κ1) is 26.3. The van der Waals surface area contributed by atoms with E-state index in [0.717, 1.165) is 16.9 Å². The van der Waals surface area contributed by atoms with Crippen molar-refractivity contribution in [1.29, 1.82) is 0 Å². The number of nitrogens with one attached hydrogen (secondary N) is 4. The van der Waals surface area contributed by atoms with Crippen molar-refractivity contribution in [3.8, 4) is 0 Å². The molecule has 38 heavy (non-hydrogen) atoms. The lowest BCUT2D eigenvalue weighted by molar-refractivity contribution is 0.0700. The van der Waals surface area contributed by atoms with Crippen LogP contribution in [0, 0.1) is 18.8 Å². The molecule has 0 radical (unpaired) electrons. The van der Waals surface area contributed by atoms with Crippen molar-refractivity contribution < 1.29 is 19.5 Å². The number of carbonyl (C=O) groups is 3. The zero-order chi connectivity index (χ0) is 27.1. The van der Waals surface area contributed by atoms with Crippen LogP contribution in [0.3, 0.4) is 0 Å². The molecule has 200 valence electrons. The SMILES string of the molecule is CCNC(=O)Nc1cccc(Cc2nc(N3C[C@@H]4[C@H](C3)[C@@H]4NC(=O)c3[nH]c(C)c(Cl)c3Cl)sc2C(=O)O)c1. The second kappa shape index (κ2) is 10.5. The molecule has 0 spiro atoms. The van der Waals surface area contributed by atoms with Gasteiger partial charge < -0.3 is 30.9 Å². The third-order valence-corrected chi connectivity index (χ3v) is 8.91. The quantitative estimate of drug-likeness (QED) is 0.269. The van der Waals surface area contributed by atoms with Crippen LogP contribution in [0.4, 0.5) is 15.6 Å². The van der Waals surface area contributed by atoms with E-state index >= 15 is 0 Å². The number of rotatable bonds is 8. The highest BCUT2D eigenvalue weighted by Gasteiger charge is 2.57. The van der Waals surface area contributed by atoms with Crippen molar-refractivity contribution in [2.75, 3.05) is 29.9 Å². The minimum Gasteiger partial charge on any atom is -0.477 e. The minimum absolute atomic E-state index is 0.0238. The number of hydrogen-bond acceptors (Lipinski definition) is 6. The molecule has 3 amide bonds. The Hall–Kier alpha value is -3.28. The summed E-state index contributed by atoms with van der Waals surface area (Å²) < 4.78 is 0. The van der Waals surface area contributed by atoms with Gasteiger partial charge in [-0.2, -0.15) is 0 Å². The fraction of sp³-hybridized carbons (Fsp3) is 0.360. The zero-order valence-electron chi connectivity index (χ0n) is 20.6. The van der Waals surface area contributed by atoms with Gasteiger partial charge in [-0.15, -0.1) is 0 Å². The number of benzene rings is 1. The molecular weight excluding hydrogens is 551 g/mol. The lowest BCUT2D eigenvalue weighted by Crippen LogP contribution is -2.34. The highest BCUT2D eigenvalue weighted by Crippen LogP contribution is 2.48. The molecule has 1 saturated heterocycles. The fourth-order valence-corrected chi connectivity index (χ4v) is 6.25. The molecule has 1 aliphatic carbocycles. The monoisotopic (exact) mass is 576 g/mol. The van der Waals surface area contributed by atoms with Crippen molar-refractivity contribution in [3.63, 3.8) is 0 Å². The number of urea groups is 1. The summed E-state index contributed by atoms with van der Waals surface area (Å²) >= 11 is 13.4. The predicted octanol–water partition coefficient (Wildman–Crippen LogP) is 4.38. The van der Waals surface area contributed by atoms with Crippen LogP contribution in [-0.2, 0) is 6.42 Å². The molecule has 2 aliphatic rings. The lowest BCUT2D eigenvalue weighted by Gasteiger charge is -2.19. The average Bonchev–Trinajstić information content (AvgIpc) is 3.22. The van der Waals surface area contributed by atoms with Crippen LogP contribution >= 0.6 is 34.5 Å². The number of anilines is 2. The molecule has 5 N–H and O–H groups in total. The molecule has 3 aromatic rings. The van der Waals surface area contributed by atoms with Crippen LogP contribution < -0.4 is 20.9 Å². The predicted molar refractivity (Wildman–Crippen MR) is 147 cm³/mol. The van der Waals surface area contributed by atoms with E-state index in [1.165, 1.54) is 0 Å². The number of H-pyrrole nitrogens is 1. The van der Waals surface area contributed by atoms with Crippen LogP contribution in [0.5, 0.6) is 0 Å². The van der Waals surface area contributed by atoms with Crippen molar-refractivity contribution in [1.82, 2.24) is 20.6 Å². The van der Waals surface area contributed by atoms with Gasteiger partial charge in [0, 0.05) is 55.3 Å². The van der Waals surface area contributed by atoms with Gasteiger partial charge in [0.15, 0.2) is 5.13 Å². The number of thiazole rings is 1. The Kier molecular flexibility index (Phi) is 7.26. The standard InChI is InChI=1S/C25H26Cl2N6O4S/c1-3-28-24(37)30-13-6-4-5-12(7-13)8-16-21(23(35)36)38-25(31-16)33-9-14-15(10-33)19(14)32-22(34)20-18(27)17(26)11(2)29-20/h4-7,14-15,19,29H,3,8-10H2,1-2H3,(H,32,34)(H,35,36)(H2,28,30,37)/t14-,15+,19-. The highest BCUT2D eigenvalue weighted by molar-refractivity contribution is 7.17. The topological polar surface area (TPSA) is 139 Å². The Morgan fingerprint density at radius 1 is 1.21 bits per heavy atom. The first-order valence-corrected chi connectivity index (χ1v) is 13.7. The number of amides is 3. The van der Waals surface area contributed by atoms with E-state index in [-0.39, 0.29) is 45.4 Å². The van der Waals surface area contributed by atoms with Gasteiger partial charge in [0.25, 0.3) is 5.91 Å². The molecule has 1 aliphatic heterocycles. The Bertz CT molecular complexity index is 1410. The second-order valence-corrected chi connectivity index (χ2v) is 11.2. The van der Waals surface area contributed by atoms with Gasteiger partial charge in [-0.3, -0.25) is 4.79 Å². The largest absolute Gasteiger partial charge is 0.477 e. The van der Waals surface area contributed by atoms with Gasteiger partial charge in [0.05, 0.1) is 15.7 Å². The van der Waals surface area contributed by atoms with Crippen LogP contribution in [0.15, 0.2) is 24.3 Å². The summed E-state index contributed by atoms with van der Waals surface area (Å²) in [6.07, 6.45) is 0.321. The van der Waals surface area contributed by atoms with E-state index in [9.17, 15) is 19.5 Å². The number of aromatic carboxylic acids is 1. The molecule has 13 heteroatoms. The van der Waals surface area contributed by atoms with Gasteiger partial charge in [-0.1, -0.05) is 46.7 Å². The number of halogens is 2. The van der Waals surface area contributed by atoms with Crippen LogP contribution in [0.2, 0.25) is 10.0 Å². The normalized spacial score (nSPS) is 19.7. The summed E-state index contributed by atoms with van der Waals surface area (Å²) in [4.78, 5) is 46.4. The van der Waals surface area contributed by atoms with Crippen molar-refractivity contribution in [2.45, 2.75) is 26.3 Å². The molecule has 2 fully saturated rings. The van der Waals surface area contributed by atoms with E-state index in [1.807, 2.05) is 25.1 Å². The fourth-order valence-electron chi connectivity index (χ4n) is 4.90. The molecule has 0 bridgehead atoms. The van der Waals surface area contributed by atoms with Gasteiger partial charge in [0.1, 0.15) is 10.6 Å². The van der Waals surface area contributed by atoms with E-state index < -0.39 is 5.97 Å². The van der Waals surface area contributed by atoms with E-state index in [4.69, 9.17) is 23.2 Å². The third-order valence-electron chi connectivity index (χ3n) is 6.82. The van der Waals surface area contributed by atoms with Gasteiger partial charge in [-0.05, 0) is 31.5 Å². The summed E-state index contributed by atoms with van der Waals surface area (Å²) in [5.41, 5.74) is 2.84. The van der Waals surface area contributed by atoms with Crippen LogP contribution in [0.1, 0.15) is 44.0 Å². The number of carboxylic acid groups (broad SMARTS) is 1. The molecule has 1 aromatic carbocycles. The Morgan fingerprint density at radius 3 is 2.58 bits per heavy atom. The third kappa shape index (κ3) is 5.18. The van der Waals surface area contributed by atoms with E-state index in [0.29, 0.717) is 53.3 Å². The van der Waals surface area contributed by atoms with Gasteiger partial charge in [-0.25, -0.2) is 14.6 Å². The molecule has 5 rings (SSSR count). The number of piperidine rings is 1. The molecule has 10 nitrogen and oxygen atoms in total. The summed E-state index contributed by atoms with van der Waals surface area (Å²) in [7, 11) is 0. The first-order chi connectivity index (χ1) is 18.2. The highest BCUT2D eigenvalue weighted by atomic mass is 35.5. The number of hydrogen-bond donors (Lipinski definition) is 5. The molecular formula is C25H26Cl2N6O4S. The Balaban J connectivity index is 1.23.